The first-order valence-electron chi connectivity index (χ1n) is 7.44. The van der Waals surface area contributed by atoms with Gasteiger partial charge in [0.05, 0.1) is 17.9 Å². The fraction of sp³-hybridized carbons (Fsp3) is 0.389. The van der Waals surface area contributed by atoms with E-state index in [2.05, 4.69) is 42.9 Å². The Morgan fingerprint density at radius 2 is 1.82 bits per heavy atom. The first-order chi connectivity index (χ1) is 10.3. The molecule has 4 nitrogen and oxygen atoms in total. The van der Waals surface area contributed by atoms with Crippen molar-refractivity contribution < 1.29 is 9.53 Å². The zero-order valence-corrected chi connectivity index (χ0v) is 13.8. The predicted octanol–water partition coefficient (Wildman–Crippen LogP) is 3.93. The molecule has 116 valence electrons. The van der Waals surface area contributed by atoms with Gasteiger partial charge < -0.3 is 4.74 Å². The minimum absolute atomic E-state index is 0.114. The molecule has 0 unspecified atom stereocenters. The van der Waals surface area contributed by atoms with Gasteiger partial charge in [0.1, 0.15) is 0 Å². The van der Waals surface area contributed by atoms with Gasteiger partial charge in [-0.3, -0.25) is 0 Å². The Hall–Kier alpha value is -2.23. The third kappa shape index (κ3) is 3.50. The number of aromatic nitrogens is 2. The summed E-state index contributed by atoms with van der Waals surface area (Å²) < 4.78 is 4.99. The minimum Gasteiger partial charge on any atom is -0.462 e. The largest absolute Gasteiger partial charge is 0.462 e. The van der Waals surface area contributed by atoms with Gasteiger partial charge in [0.2, 0.25) is 0 Å². The average Bonchev–Trinajstić information content (AvgIpc) is 2.46. The first kappa shape index (κ1) is 16.1. The normalized spacial score (nSPS) is 11.3. The van der Waals surface area contributed by atoms with Crippen LogP contribution in [-0.2, 0) is 10.2 Å². The number of hydrogen-bond donors (Lipinski definition) is 0. The zero-order chi connectivity index (χ0) is 16.3. The van der Waals surface area contributed by atoms with Gasteiger partial charge in [-0.1, -0.05) is 45.0 Å². The van der Waals surface area contributed by atoms with Gasteiger partial charge >= 0.3 is 5.97 Å². The number of carbonyl (C=O) groups excluding carboxylic acids is 1. The van der Waals surface area contributed by atoms with Crippen molar-refractivity contribution in [2.24, 2.45) is 0 Å². The fourth-order valence-corrected chi connectivity index (χ4v) is 2.13. The lowest BCUT2D eigenvalue weighted by Crippen LogP contribution is -2.11. The molecule has 0 saturated heterocycles. The van der Waals surface area contributed by atoms with E-state index in [1.54, 1.807) is 13.8 Å². The van der Waals surface area contributed by atoms with Crippen LogP contribution in [-0.4, -0.2) is 22.5 Å². The Morgan fingerprint density at radius 3 is 2.32 bits per heavy atom. The van der Waals surface area contributed by atoms with Crippen molar-refractivity contribution in [3.8, 4) is 11.4 Å². The summed E-state index contributed by atoms with van der Waals surface area (Å²) >= 11 is 0. The lowest BCUT2D eigenvalue weighted by Gasteiger charge is -2.19. The van der Waals surface area contributed by atoms with E-state index in [0.29, 0.717) is 23.7 Å². The number of rotatable bonds is 3. The van der Waals surface area contributed by atoms with E-state index in [1.165, 1.54) is 11.8 Å². The maximum absolute atomic E-state index is 11.8. The summed E-state index contributed by atoms with van der Waals surface area (Å²) in [6.45, 7) is 10.4. The zero-order valence-electron chi connectivity index (χ0n) is 13.8. The molecule has 0 radical (unpaired) electrons. The molecule has 2 aromatic rings. The molecule has 1 aromatic heterocycles. The van der Waals surface area contributed by atoms with Crippen molar-refractivity contribution in [1.82, 2.24) is 9.97 Å². The molecule has 0 aliphatic rings. The Morgan fingerprint density at radius 1 is 1.18 bits per heavy atom. The molecule has 0 fully saturated rings. The number of benzene rings is 1. The Bertz CT molecular complexity index is 670. The maximum atomic E-state index is 11.8. The molecule has 0 saturated carbocycles. The second kappa shape index (κ2) is 6.26. The van der Waals surface area contributed by atoms with Gasteiger partial charge in [0, 0.05) is 11.8 Å². The van der Waals surface area contributed by atoms with Gasteiger partial charge in [-0.15, -0.1) is 0 Å². The number of aryl methyl sites for hydroxylation is 1. The highest BCUT2D eigenvalue weighted by Gasteiger charge is 2.15. The topological polar surface area (TPSA) is 52.1 Å². The Balaban J connectivity index is 2.30. The molecule has 1 heterocycles. The quantitative estimate of drug-likeness (QED) is 0.806. The molecule has 0 aliphatic carbocycles. The number of esters is 1. The number of carbonyl (C=O) groups is 1. The van der Waals surface area contributed by atoms with Crippen LogP contribution in [0.15, 0.2) is 30.5 Å². The van der Waals surface area contributed by atoms with Crippen molar-refractivity contribution in [1.29, 1.82) is 0 Å². The van der Waals surface area contributed by atoms with Gasteiger partial charge in [-0.25, -0.2) is 14.8 Å². The standard InChI is InChI=1S/C18H22N2O2/c1-6-22-17(21)15-11-19-16(20-12(15)2)13-7-9-14(10-8-13)18(3,4)5/h7-11H,6H2,1-5H3. The van der Waals surface area contributed by atoms with Crippen molar-refractivity contribution in [3.63, 3.8) is 0 Å². The van der Waals surface area contributed by atoms with Crippen LogP contribution in [0.4, 0.5) is 0 Å². The molecule has 0 aliphatic heterocycles. The van der Waals surface area contributed by atoms with E-state index in [1.807, 2.05) is 12.1 Å². The van der Waals surface area contributed by atoms with Crippen molar-refractivity contribution >= 4 is 5.97 Å². The van der Waals surface area contributed by atoms with Gasteiger partial charge in [-0.2, -0.15) is 0 Å². The first-order valence-corrected chi connectivity index (χ1v) is 7.44. The molecule has 2 rings (SSSR count). The second-order valence-corrected chi connectivity index (χ2v) is 6.24. The highest BCUT2D eigenvalue weighted by atomic mass is 16.5. The molecule has 0 N–H and O–H groups in total. The van der Waals surface area contributed by atoms with E-state index in [4.69, 9.17) is 4.74 Å². The molecular weight excluding hydrogens is 276 g/mol. The van der Waals surface area contributed by atoms with Crippen LogP contribution in [0.25, 0.3) is 11.4 Å². The lowest BCUT2D eigenvalue weighted by molar-refractivity contribution is 0.0524. The van der Waals surface area contributed by atoms with E-state index >= 15 is 0 Å². The SMILES string of the molecule is CCOC(=O)c1cnc(-c2ccc(C(C)(C)C)cc2)nc1C. The molecule has 0 amide bonds. The van der Waals surface area contributed by atoms with Crippen LogP contribution < -0.4 is 0 Å². The highest BCUT2D eigenvalue weighted by molar-refractivity contribution is 5.90. The highest BCUT2D eigenvalue weighted by Crippen LogP contribution is 2.25. The maximum Gasteiger partial charge on any atom is 0.341 e. The molecule has 0 spiro atoms. The molecule has 1 aromatic carbocycles. The predicted molar refractivity (Wildman–Crippen MR) is 86.9 cm³/mol. The van der Waals surface area contributed by atoms with E-state index in [-0.39, 0.29) is 11.4 Å². The van der Waals surface area contributed by atoms with Crippen LogP contribution in [0, 0.1) is 6.92 Å². The second-order valence-electron chi connectivity index (χ2n) is 6.24. The van der Waals surface area contributed by atoms with Gasteiger partial charge in [-0.05, 0) is 24.8 Å². The van der Waals surface area contributed by atoms with E-state index in [0.717, 1.165) is 5.56 Å². The summed E-state index contributed by atoms with van der Waals surface area (Å²) in [5, 5.41) is 0. The summed E-state index contributed by atoms with van der Waals surface area (Å²) in [6, 6.07) is 8.21. The minimum atomic E-state index is -0.380. The molecular formula is C18H22N2O2. The van der Waals surface area contributed by atoms with Crippen LogP contribution in [0.5, 0.6) is 0 Å². The van der Waals surface area contributed by atoms with Gasteiger partial charge in [0.25, 0.3) is 0 Å². The smallest absolute Gasteiger partial charge is 0.341 e. The van der Waals surface area contributed by atoms with Crippen LogP contribution in [0.1, 0.15) is 49.3 Å². The number of nitrogens with zero attached hydrogens (tertiary/aromatic N) is 2. The number of hydrogen-bond acceptors (Lipinski definition) is 4. The average molecular weight is 298 g/mol. The third-order valence-electron chi connectivity index (χ3n) is 3.48. The summed E-state index contributed by atoms with van der Waals surface area (Å²) in [4.78, 5) is 20.5. The summed E-state index contributed by atoms with van der Waals surface area (Å²) in [6.07, 6.45) is 1.54. The summed E-state index contributed by atoms with van der Waals surface area (Å²) in [5.41, 5.74) is 3.35. The van der Waals surface area contributed by atoms with Crippen LogP contribution >= 0.6 is 0 Å². The van der Waals surface area contributed by atoms with Crippen LogP contribution in [0.3, 0.4) is 0 Å². The summed E-state index contributed by atoms with van der Waals surface area (Å²) in [7, 11) is 0. The monoisotopic (exact) mass is 298 g/mol. The van der Waals surface area contributed by atoms with Crippen molar-refractivity contribution in [2.75, 3.05) is 6.61 Å². The molecule has 4 heteroatoms. The van der Waals surface area contributed by atoms with Crippen molar-refractivity contribution in [2.45, 2.75) is 40.0 Å². The molecule has 22 heavy (non-hydrogen) atoms. The molecule has 0 bridgehead atoms. The van der Waals surface area contributed by atoms with Crippen LogP contribution in [0.2, 0.25) is 0 Å². The Labute approximate surface area is 131 Å². The fourth-order valence-electron chi connectivity index (χ4n) is 2.13. The lowest BCUT2D eigenvalue weighted by atomic mass is 9.87. The summed E-state index contributed by atoms with van der Waals surface area (Å²) in [5.74, 6) is 0.237. The Kier molecular flexibility index (Phi) is 4.59. The molecule has 0 atom stereocenters. The number of ether oxygens (including phenoxy) is 1. The van der Waals surface area contributed by atoms with E-state index < -0.39 is 0 Å². The van der Waals surface area contributed by atoms with Gasteiger partial charge in [0.15, 0.2) is 5.82 Å². The van der Waals surface area contributed by atoms with E-state index in [9.17, 15) is 4.79 Å². The van der Waals surface area contributed by atoms with Crippen molar-refractivity contribution in [3.05, 3.63) is 47.3 Å². The third-order valence-corrected chi connectivity index (χ3v) is 3.48.